The fourth-order valence-electron chi connectivity index (χ4n) is 2.20. The zero-order valence-corrected chi connectivity index (χ0v) is 13.3. The van der Waals surface area contributed by atoms with Gasteiger partial charge in [0, 0.05) is 5.33 Å². The Labute approximate surface area is 125 Å². The first-order valence-corrected chi connectivity index (χ1v) is 8.08. The molecule has 0 aliphatic rings. The minimum Gasteiger partial charge on any atom is -0.0928 e. The van der Waals surface area contributed by atoms with Crippen molar-refractivity contribution >= 4 is 15.9 Å². The topological polar surface area (TPSA) is 0 Å². The summed E-state index contributed by atoms with van der Waals surface area (Å²) >= 11 is 3.48. The van der Waals surface area contributed by atoms with Crippen LogP contribution in [0.1, 0.15) is 37.3 Å². The normalized spacial score (nSPS) is 10.9. The molecule has 0 nitrogen and oxygen atoms in total. The molecular formula is C18H21Br. The smallest absolute Gasteiger partial charge is 0.00344 e. The van der Waals surface area contributed by atoms with Gasteiger partial charge in [-0.2, -0.15) is 0 Å². The Morgan fingerprint density at radius 1 is 0.842 bits per heavy atom. The Kier molecular flexibility index (Phi) is 5.21. The molecule has 0 amide bonds. The van der Waals surface area contributed by atoms with Gasteiger partial charge in [-0.15, -0.1) is 0 Å². The van der Waals surface area contributed by atoms with Crippen molar-refractivity contribution in [3.05, 3.63) is 59.7 Å². The highest BCUT2D eigenvalue weighted by molar-refractivity contribution is 9.09. The second-order valence-electron chi connectivity index (χ2n) is 5.27. The van der Waals surface area contributed by atoms with E-state index in [0.29, 0.717) is 5.92 Å². The van der Waals surface area contributed by atoms with Crippen molar-refractivity contribution in [1.82, 2.24) is 0 Å². The zero-order chi connectivity index (χ0) is 13.7. The maximum atomic E-state index is 3.48. The maximum absolute atomic E-state index is 3.48. The molecule has 1 heteroatoms. The lowest BCUT2D eigenvalue weighted by Gasteiger charge is -2.08. The minimum atomic E-state index is 0.598. The van der Waals surface area contributed by atoms with Crippen LogP contribution in [0.4, 0.5) is 0 Å². The molecule has 0 radical (unpaired) electrons. The average molecular weight is 317 g/mol. The molecule has 0 aliphatic carbocycles. The van der Waals surface area contributed by atoms with E-state index in [4.69, 9.17) is 0 Å². The lowest BCUT2D eigenvalue weighted by Crippen LogP contribution is -1.88. The predicted octanol–water partition coefficient (Wildman–Crippen LogP) is 5.80. The Morgan fingerprint density at radius 2 is 1.37 bits per heavy atom. The van der Waals surface area contributed by atoms with Crippen molar-refractivity contribution in [2.45, 2.75) is 32.6 Å². The fourth-order valence-corrected chi connectivity index (χ4v) is 2.48. The van der Waals surface area contributed by atoms with Gasteiger partial charge in [-0.05, 0) is 41.0 Å². The molecule has 0 spiro atoms. The summed E-state index contributed by atoms with van der Waals surface area (Å²) in [6, 6.07) is 17.9. The summed E-state index contributed by atoms with van der Waals surface area (Å²) in [5, 5.41) is 1.07. The van der Waals surface area contributed by atoms with E-state index in [1.165, 1.54) is 28.7 Å². The van der Waals surface area contributed by atoms with Gasteiger partial charge < -0.3 is 0 Å². The van der Waals surface area contributed by atoms with Crippen LogP contribution in [0.3, 0.4) is 0 Å². The van der Waals surface area contributed by atoms with Crippen LogP contribution in [0.25, 0.3) is 11.1 Å². The second kappa shape index (κ2) is 6.91. The Hall–Kier alpha value is -1.08. The molecule has 19 heavy (non-hydrogen) atoms. The highest BCUT2D eigenvalue weighted by Gasteiger charge is 2.01. The van der Waals surface area contributed by atoms with Gasteiger partial charge in [0.05, 0.1) is 0 Å². The lowest BCUT2D eigenvalue weighted by atomic mass is 9.98. The van der Waals surface area contributed by atoms with Crippen LogP contribution in [0, 0.1) is 0 Å². The molecule has 0 aromatic heterocycles. The summed E-state index contributed by atoms with van der Waals surface area (Å²) in [5.74, 6) is 0.598. The van der Waals surface area contributed by atoms with Gasteiger partial charge in [0.25, 0.3) is 0 Å². The molecule has 0 heterocycles. The SMILES string of the molecule is CC(C)c1ccc(-c2ccc(CCCBr)cc2)cc1. The third-order valence-electron chi connectivity index (χ3n) is 3.46. The third kappa shape index (κ3) is 3.94. The standard InChI is InChI=1S/C18H21Br/c1-14(2)16-9-11-18(12-10-16)17-7-5-15(6-8-17)4-3-13-19/h5-12,14H,3-4,13H2,1-2H3. The van der Waals surface area contributed by atoms with Gasteiger partial charge in [-0.3, -0.25) is 0 Å². The fraction of sp³-hybridized carbons (Fsp3) is 0.333. The van der Waals surface area contributed by atoms with Crippen LogP contribution >= 0.6 is 15.9 Å². The molecule has 2 aromatic carbocycles. The largest absolute Gasteiger partial charge is 0.0928 e. The number of benzene rings is 2. The summed E-state index contributed by atoms with van der Waals surface area (Å²) in [6.45, 7) is 4.46. The molecule has 0 unspecified atom stereocenters. The summed E-state index contributed by atoms with van der Waals surface area (Å²) in [4.78, 5) is 0. The van der Waals surface area contributed by atoms with E-state index in [1.54, 1.807) is 0 Å². The zero-order valence-electron chi connectivity index (χ0n) is 11.7. The third-order valence-corrected chi connectivity index (χ3v) is 4.02. The summed E-state index contributed by atoms with van der Waals surface area (Å²) < 4.78 is 0. The Morgan fingerprint density at radius 3 is 1.84 bits per heavy atom. The van der Waals surface area contributed by atoms with Crippen LogP contribution in [-0.4, -0.2) is 5.33 Å². The highest BCUT2D eigenvalue weighted by atomic mass is 79.9. The van der Waals surface area contributed by atoms with E-state index in [0.717, 1.165) is 11.8 Å². The number of alkyl halides is 1. The first kappa shape index (κ1) is 14.3. The molecule has 0 saturated heterocycles. The molecule has 0 fully saturated rings. The van der Waals surface area contributed by atoms with Gasteiger partial charge in [0.1, 0.15) is 0 Å². The van der Waals surface area contributed by atoms with Crippen LogP contribution in [0.5, 0.6) is 0 Å². The van der Waals surface area contributed by atoms with Crippen molar-refractivity contribution in [2.75, 3.05) is 5.33 Å². The monoisotopic (exact) mass is 316 g/mol. The Balaban J connectivity index is 2.13. The van der Waals surface area contributed by atoms with Crippen molar-refractivity contribution in [3.63, 3.8) is 0 Å². The van der Waals surface area contributed by atoms with Gasteiger partial charge >= 0.3 is 0 Å². The van der Waals surface area contributed by atoms with Gasteiger partial charge in [-0.25, -0.2) is 0 Å². The summed E-state index contributed by atoms with van der Waals surface area (Å²) in [5.41, 5.74) is 5.43. The highest BCUT2D eigenvalue weighted by Crippen LogP contribution is 2.23. The molecule has 0 saturated carbocycles. The summed E-state index contributed by atoms with van der Waals surface area (Å²) in [7, 11) is 0. The average Bonchev–Trinajstić information content (AvgIpc) is 2.46. The van der Waals surface area contributed by atoms with Crippen molar-refractivity contribution in [1.29, 1.82) is 0 Å². The van der Waals surface area contributed by atoms with Crippen molar-refractivity contribution < 1.29 is 0 Å². The minimum absolute atomic E-state index is 0.598. The van der Waals surface area contributed by atoms with Crippen LogP contribution < -0.4 is 0 Å². The first-order chi connectivity index (χ1) is 9.20. The van der Waals surface area contributed by atoms with Gasteiger partial charge in [0.15, 0.2) is 0 Å². The van der Waals surface area contributed by atoms with Crippen molar-refractivity contribution in [3.8, 4) is 11.1 Å². The number of rotatable bonds is 5. The van der Waals surface area contributed by atoms with Crippen LogP contribution in [-0.2, 0) is 6.42 Å². The van der Waals surface area contributed by atoms with E-state index in [-0.39, 0.29) is 0 Å². The molecular weight excluding hydrogens is 296 g/mol. The van der Waals surface area contributed by atoms with Crippen molar-refractivity contribution in [2.24, 2.45) is 0 Å². The molecule has 0 bridgehead atoms. The quantitative estimate of drug-likeness (QED) is 0.611. The van der Waals surface area contributed by atoms with E-state index < -0.39 is 0 Å². The number of hydrogen-bond donors (Lipinski definition) is 0. The number of aryl methyl sites for hydroxylation is 1. The second-order valence-corrected chi connectivity index (χ2v) is 6.06. The molecule has 0 aliphatic heterocycles. The van der Waals surface area contributed by atoms with Gasteiger partial charge in [-0.1, -0.05) is 78.3 Å². The predicted molar refractivity (Wildman–Crippen MR) is 88.1 cm³/mol. The number of halogens is 1. The maximum Gasteiger partial charge on any atom is 0.00344 e. The summed E-state index contributed by atoms with van der Waals surface area (Å²) in [6.07, 6.45) is 2.35. The first-order valence-electron chi connectivity index (χ1n) is 6.96. The van der Waals surface area contributed by atoms with E-state index in [1.807, 2.05) is 0 Å². The molecule has 0 atom stereocenters. The number of hydrogen-bond acceptors (Lipinski definition) is 0. The van der Waals surface area contributed by atoms with E-state index >= 15 is 0 Å². The molecule has 0 N–H and O–H groups in total. The molecule has 100 valence electrons. The lowest BCUT2D eigenvalue weighted by molar-refractivity contribution is 0.867. The Bertz CT molecular complexity index is 494. The van der Waals surface area contributed by atoms with Crippen LogP contribution in [0.15, 0.2) is 48.5 Å². The van der Waals surface area contributed by atoms with E-state index in [2.05, 4.69) is 78.3 Å². The molecule has 2 aromatic rings. The van der Waals surface area contributed by atoms with Crippen LogP contribution in [0.2, 0.25) is 0 Å². The van der Waals surface area contributed by atoms with E-state index in [9.17, 15) is 0 Å². The molecule has 2 rings (SSSR count). The van der Waals surface area contributed by atoms with Gasteiger partial charge in [0.2, 0.25) is 0 Å².